The van der Waals surface area contributed by atoms with Crippen LogP contribution in [0.3, 0.4) is 0 Å². The van der Waals surface area contributed by atoms with Gasteiger partial charge in [0.25, 0.3) is 0 Å². The van der Waals surface area contributed by atoms with Gasteiger partial charge in [0.2, 0.25) is 11.6 Å². The zero-order chi connectivity index (χ0) is 11.4. The topological polar surface area (TPSA) is 60.2 Å². The Morgan fingerprint density at radius 2 is 1.87 bits per heavy atom. The molecule has 0 spiro atoms. The minimum Gasteiger partial charge on any atom is -0.289 e. The molecule has 0 amide bonds. The molecule has 1 aromatic rings. The van der Waals surface area contributed by atoms with Gasteiger partial charge in [-0.1, -0.05) is 5.92 Å². The summed E-state index contributed by atoms with van der Waals surface area (Å²) in [4.78, 5) is 18.9. The largest absolute Gasteiger partial charge is 0.340 e. The number of rotatable bonds is 1. The van der Waals surface area contributed by atoms with Gasteiger partial charge in [0, 0.05) is 5.56 Å². The van der Waals surface area contributed by atoms with Gasteiger partial charge in [-0.05, 0) is 18.1 Å². The maximum Gasteiger partial charge on any atom is 0.340 e. The standard InChI is InChI=1S/C9H3F2NO3/c10-7-4-6(2-1-3-13)5-8(11)9(7)12(14)15/h3-5H. The number of carbonyl (C=O) groups is 1. The van der Waals surface area contributed by atoms with Gasteiger partial charge in [0.15, 0.2) is 6.29 Å². The Bertz CT molecular complexity index is 465. The van der Waals surface area contributed by atoms with Crippen LogP contribution in [0.15, 0.2) is 12.1 Å². The van der Waals surface area contributed by atoms with Gasteiger partial charge in [-0.2, -0.15) is 8.78 Å². The first-order valence-electron chi connectivity index (χ1n) is 3.65. The second kappa shape index (κ2) is 4.28. The summed E-state index contributed by atoms with van der Waals surface area (Å²) in [6.45, 7) is 0. The molecule has 0 aliphatic rings. The highest BCUT2D eigenvalue weighted by Crippen LogP contribution is 2.22. The fourth-order valence-corrected chi connectivity index (χ4v) is 0.925. The number of aldehydes is 1. The van der Waals surface area contributed by atoms with Crippen molar-refractivity contribution in [3.63, 3.8) is 0 Å². The second-order valence-corrected chi connectivity index (χ2v) is 2.43. The molecule has 0 saturated carbocycles. The van der Waals surface area contributed by atoms with Crippen molar-refractivity contribution in [3.05, 3.63) is 39.4 Å². The molecule has 1 aromatic carbocycles. The van der Waals surface area contributed by atoms with Crippen molar-refractivity contribution in [2.45, 2.75) is 0 Å². The average Bonchev–Trinajstić information content (AvgIpc) is 2.12. The maximum atomic E-state index is 13.0. The van der Waals surface area contributed by atoms with Crippen molar-refractivity contribution in [2.75, 3.05) is 0 Å². The molecule has 1 rings (SSSR count). The van der Waals surface area contributed by atoms with E-state index >= 15 is 0 Å². The zero-order valence-electron chi connectivity index (χ0n) is 7.16. The molecule has 0 atom stereocenters. The van der Waals surface area contributed by atoms with Gasteiger partial charge in [-0.15, -0.1) is 0 Å². The van der Waals surface area contributed by atoms with Gasteiger partial charge in [0.05, 0.1) is 4.92 Å². The number of nitro groups is 1. The number of halogens is 2. The maximum absolute atomic E-state index is 13.0. The Kier molecular flexibility index (Phi) is 3.08. The molecule has 0 saturated heterocycles. The van der Waals surface area contributed by atoms with E-state index in [0.717, 1.165) is 0 Å². The summed E-state index contributed by atoms with van der Waals surface area (Å²) in [6, 6.07) is 1.38. The van der Waals surface area contributed by atoms with Crippen LogP contribution in [-0.2, 0) is 4.79 Å². The molecule has 0 aromatic heterocycles. The van der Waals surface area contributed by atoms with Gasteiger partial charge in [0.1, 0.15) is 0 Å². The number of hydrogen-bond donors (Lipinski definition) is 0. The predicted molar refractivity (Wildman–Crippen MR) is 46.0 cm³/mol. The number of nitrogens with zero attached hydrogens (tertiary/aromatic N) is 1. The van der Waals surface area contributed by atoms with Crippen LogP contribution in [0.1, 0.15) is 5.56 Å². The van der Waals surface area contributed by atoms with Crippen molar-refractivity contribution >= 4 is 12.0 Å². The molecule has 0 unspecified atom stereocenters. The smallest absolute Gasteiger partial charge is 0.289 e. The summed E-state index contributed by atoms with van der Waals surface area (Å²) in [7, 11) is 0. The minimum atomic E-state index is -1.32. The van der Waals surface area contributed by atoms with Gasteiger partial charge in [-0.3, -0.25) is 14.9 Å². The fourth-order valence-electron chi connectivity index (χ4n) is 0.925. The SMILES string of the molecule is O=CC#Cc1cc(F)c([N+](=O)[O-])c(F)c1. The predicted octanol–water partition coefficient (Wildman–Crippen LogP) is 1.42. The highest BCUT2D eigenvalue weighted by Gasteiger charge is 2.21. The molecule has 0 heterocycles. The summed E-state index contributed by atoms with van der Waals surface area (Å²) in [6.07, 6.45) is 0.247. The molecule has 6 heteroatoms. The first-order valence-corrected chi connectivity index (χ1v) is 3.65. The summed E-state index contributed by atoms with van der Waals surface area (Å²) in [5.74, 6) is 1.41. The lowest BCUT2D eigenvalue weighted by Crippen LogP contribution is -1.97. The highest BCUT2D eigenvalue weighted by molar-refractivity contribution is 5.74. The van der Waals surface area contributed by atoms with E-state index in [1.807, 2.05) is 5.92 Å². The quantitative estimate of drug-likeness (QED) is 0.305. The van der Waals surface area contributed by atoms with E-state index in [1.165, 1.54) is 0 Å². The fraction of sp³-hybridized carbons (Fsp3) is 0. The Morgan fingerprint density at radius 1 is 1.33 bits per heavy atom. The monoisotopic (exact) mass is 211 g/mol. The third kappa shape index (κ3) is 2.34. The van der Waals surface area contributed by atoms with E-state index in [0.29, 0.717) is 12.1 Å². The summed E-state index contributed by atoms with van der Waals surface area (Å²) < 4.78 is 25.9. The van der Waals surface area contributed by atoms with Gasteiger partial charge in [-0.25, -0.2) is 0 Å². The Labute approximate surface area is 82.7 Å². The molecular formula is C9H3F2NO3. The lowest BCUT2D eigenvalue weighted by Gasteiger charge is -1.96. The summed E-state index contributed by atoms with van der Waals surface area (Å²) in [5.41, 5.74) is -1.37. The van der Waals surface area contributed by atoms with Gasteiger partial charge < -0.3 is 0 Å². The Balaban J connectivity index is 3.31. The van der Waals surface area contributed by atoms with Crippen molar-refractivity contribution in [3.8, 4) is 11.8 Å². The minimum absolute atomic E-state index is 0.136. The Hall–Kier alpha value is -2.29. The molecule has 4 nitrogen and oxygen atoms in total. The molecule has 0 radical (unpaired) electrons. The molecule has 76 valence electrons. The molecule has 0 aliphatic heterocycles. The molecule has 0 fully saturated rings. The van der Waals surface area contributed by atoms with E-state index in [9.17, 15) is 23.7 Å². The van der Waals surface area contributed by atoms with Crippen LogP contribution in [-0.4, -0.2) is 11.2 Å². The van der Waals surface area contributed by atoms with Gasteiger partial charge >= 0.3 is 5.69 Å². The lowest BCUT2D eigenvalue weighted by atomic mass is 10.2. The van der Waals surface area contributed by atoms with Crippen molar-refractivity contribution in [1.82, 2.24) is 0 Å². The highest BCUT2D eigenvalue weighted by atomic mass is 19.1. The zero-order valence-corrected chi connectivity index (χ0v) is 7.16. The summed E-state index contributed by atoms with van der Waals surface area (Å²) >= 11 is 0. The lowest BCUT2D eigenvalue weighted by molar-refractivity contribution is -0.390. The normalized spacial score (nSPS) is 8.93. The van der Waals surface area contributed by atoms with E-state index in [1.54, 1.807) is 0 Å². The van der Waals surface area contributed by atoms with Crippen LogP contribution in [0.5, 0.6) is 0 Å². The van der Waals surface area contributed by atoms with Crippen LogP contribution in [0, 0.1) is 33.6 Å². The molecule has 0 N–H and O–H groups in total. The van der Waals surface area contributed by atoms with E-state index in [-0.39, 0.29) is 11.8 Å². The van der Waals surface area contributed by atoms with E-state index < -0.39 is 22.2 Å². The molecule has 0 bridgehead atoms. The van der Waals surface area contributed by atoms with Crippen LogP contribution < -0.4 is 0 Å². The molecular weight excluding hydrogens is 208 g/mol. The number of carbonyl (C=O) groups excluding carboxylic acids is 1. The van der Waals surface area contributed by atoms with Crippen LogP contribution in [0.2, 0.25) is 0 Å². The van der Waals surface area contributed by atoms with Crippen LogP contribution >= 0.6 is 0 Å². The summed E-state index contributed by atoms with van der Waals surface area (Å²) in [5, 5.41) is 10.2. The second-order valence-electron chi connectivity index (χ2n) is 2.43. The third-order valence-corrected chi connectivity index (χ3v) is 1.47. The van der Waals surface area contributed by atoms with Crippen molar-refractivity contribution < 1.29 is 18.5 Å². The third-order valence-electron chi connectivity index (χ3n) is 1.47. The average molecular weight is 211 g/mol. The molecule has 0 aliphatic carbocycles. The van der Waals surface area contributed by atoms with E-state index in [2.05, 4.69) is 5.92 Å². The first-order chi connectivity index (χ1) is 7.06. The Morgan fingerprint density at radius 3 is 2.27 bits per heavy atom. The molecule has 15 heavy (non-hydrogen) atoms. The number of nitro benzene ring substituents is 1. The van der Waals surface area contributed by atoms with Crippen molar-refractivity contribution in [1.29, 1.82) is 0 Å². The van der Waals surface area contributed by atoms with Crippen LogP contribution in [0.25, 0.3) is 0 Å². The first kappa shape index (κ1) is 10.8. The van der Waals surface area contributed by atoms with Crippen LogP contribution in [0.4, 0.5) is 14.5 Å². The van der Waals surface area contributed by atoms with Crippen molar-refractivity contribution in [2.24, 2.45) is 0 Å². The number of benzene rings is 1. The number of hydrogen-bond acceptors (Lipinski definition) is 3. The van der Waals surface area contributed by atoms with E-state index in [4.69, 9.17) is 0 Å².